The maximum absolute atomic E-state index is 5.28. The van der Waals surface area contributed by atoms with E-state index in [4.69, 9.17) is 9.73 Å². The molecule has 0 N–H and O–H groups in total. The van der Waals surface area contributed by atoms with Crippen LogP contribution in [0.15, 0.2) is 138 Å². The lowest BCUT2D eigenvalue weighted by Gasteiger charge is -2.26. The summed E-state index contributed by atoms with van der Waals surface area (Å²) in [5.74, 6) is 0.817. The fourth-order valence-electron chi connectivity index (χ4n) is 4.09. The highest BCUT2D eigenvalue weighted by Gasteiger charge is 2.14. The highest BCUT2D eigenvalue weighted by Crippen LogP contribution is 2.36. The summed E-state index contributed by atoms with van der Waals surface area (Å²) in [6, 6.07) is 45.6. The van der Waals surface area contributed by atoms with Gasteiger partial charge < -0.3 is 9.64 Å². The number of hydrogen-bond donors (Lipinski definition) is 0. The minimum Gasteiger partial charge on any atom is -0.497 e. The summed E-state index contributed by atoms with van der Waals surface area (Å²) < 4.78 is 5.28. The zero-order chi connectivity index (χ0) is 23.9. The van der Waals surface area contributed by atoms with E-state index in [0.29, 0.717) is 0 Å². The van der Waals surface area contributed by atoms with Gasteiger partial charge in [-0.1, -0.05) is 72.8 Å². The van der Waals surface area contributed by atoms with E-state index in [1.165, 1.54) is 0 Å². The maximum Gasteiger partial charge on any atom is 0.119 e. The molecule has 0 spiro atoms. The molecule has 5 aromatic carbocycles. The van der Waals surface area contributed by atoms with Crippen LogP contribution in [-0.4, -0.2) is 13.3 Å². The van der Waals surface area contributed by atoms with Crippen molar-refractivity contribution < 1.29 is 4.74 Å². The number of hydrogen-bond acceptors (Lipinski definition) is 3. The molecule has 0 aliphatic heterocycles. The van der Waals surface area contributed by atoms with Gasteiger partial charge in [-0.25, -0.2) is 0 Å². The molecule has 5 rings (SSSR count). The van der Waals surface area contributed by atoms with E-state index in [2.05, 4.69) is 95.9 Å². The third-order valence-corrected chi connectivity index (χ3v) is 5.83. The zero-order valence-electron chi connectivity index (χ0n) is 19.6. The van der Waals surface area contributed by atoms with Crippen LogP contribution < -0.4 is 9.64 Å². The van der Waals surface area contributed by atoms with Gasteiger partial charge >= 0.3 is 0 Å². The Kier molecular flexibility index (Phi) is 6.67. The van der Waals surface area contributed by atoms with E-state index < -0.39 is 0 Å². The monoisotopic (exact) mass is 454 g/mol. The third-order valence-electron chi connectivity index (χ3n) is 5.83. The number of nitrogens with zero attached hydrogens (tertiary/aromatic N) is 2. The van der Waals surface area contributed by atoms with E-state index in [9.17, 15) is 0 Å². The molecule has 0 amide bonds. The van der Waals surface area contributed by atoms with E-state index in [1.54, 1.807) is 7.11 Å². The molecule has 0 bridgehead atoms. The Bertz CT molecular complexity index is 1360. The second-order valence-electron chi connectivity index (χ2n) is 8.10. The first kappa shape index (κ1) is 22.2. The lowest BCUT2D eigenvalue weighted by molar-refractivity contribution is 0.415. The van der Waals surface area contributed by atoms with Crippen LogP contribution in [0.25, 0.3) is 11.1 Å². The average Bonchev–Trinajstić information content (AvgIpc) is 2.94. The van der Waals surface area contributed by atoms with Crippen LogP contribution in [0, 0.1) is 0 Å². The Balaban J connectivity index is 1.62. The Hall–Kier alpha value is -4.63. The quantitative estimate of drug-likeness (QED) is 0.230. The summed E-state index contributed by atoms with van der Waals surface area (Å²) in [7, 11) is 1.67. The van der Waals surface area contributed by atoms with Crippen LogP contribution >= 0.6 is 0 Å². The minimum atomic E-state index is 0.817. The molecule has 170 valence electrons. The number of rotatable bonds is 7. The van der Waals surface area contributed by atoms with Gasteiger partial charge in [-0.3, -0.25) is 4.99 Å². The topological polar surface area (TPSA) is 24.8 Å². The predicted octanol–water partition coefficient (Wildman–Crippen LogP) is 8.58. The highest BCUT2D eigenvalue weighted by molar-refractivity contribution is 5.94. The number of aliphatic imine (C=N–C) groups is 1. The predicted molar refractivity (Wildman–Crippen MR) is 147 cm³/mol. The van der Waals surface area contributed by atoms with Crippen LogP contribution in [0.1, 0.15) is 5.56 Å². The van der Waals surface area contributed by atoms with E-state index >= 15 is 0 Å². The Morgan fingerprint density at radius 1 is 0.600 bits per heavy atom. The van der Waals surface area contributed by atoms with Gasteiger partial charge in [0.1, 0.15) is 5.75 Å². The average molecular weight is 455 g/mol. The van der Waals surface area contributed by atoms with E-state index in [1.807, 2.05) is 48.7 Å². The molecule has 0 aromatic heterocycles. The van der Waals surface area contributed by atoms with Crippen molar-refractivity contribution in [3.05, 3.63) is 139 Å². The minimum absolute atomic E-state index is 0.817. The summed E-state index contributed by atoms with van der Waals surface area (Å²) in [6.45, 7) is 0. The van der Waals surface area contributed by atoms with Crippen molar-refractivity contribution in [3.8, 4) is 16.9 Å². The van der Waals surface area contributed by atoms with Crippen molar-refractivity contribution >= 4 is 29.0 Å². The van der Waals surface area contributed by atoms with Gasteiger partial charge in [0.15, 0.2) is 0 Å². The van der Waals surface area contributed by atoms with Crippen molar-refractivity contribution in [1.29, 1.82) is 0 Å². The molecule has 0 aliphatic rings. The summed E-state index contributed by atoms with van der Waals surface area (Å²) in [6.07, 6.45) is 1.95. The van der Waals surface area contributed by atoms with Crippen LogP contribution in [0.5, 0.6) is 5.75 Å². The highest BCUT2D eigenvalue weighted by atomic mass is 16.5. The molecular formula is C32H26N2O. The van der Waals surface area contributed by atoms with Gasteiger partial charge in [0.2, 0.25) is 0 Å². The van der Waals surface area contributed by atoms with Crippen molar-refractivity contribution in [1.82, 2.24) is 0 Å². The van der Waals surface area contributed by atoms with Gasteiger partial charge in [-0.2, -0.15) is 0 Å². The first-order valence-electron chi connectivity index (χ1n) is 11.6. The van der Waals surface area contributed by atoms with Crippen molar-refractivity contribution in [2.24, 2.45) is 4.99 Å². The van der Waals surface area contributed by atoms with Crippen LogP contribution in [-0.2, 0) is 0 Å². The van der Waals surface area contributed by atoms with Gasteiger partial charge in [-0.05, 0) is 71.8 Å². The lowest BCUT2D eigenvalue weighted by atomic mass is 9.99. The largest absolute Gasteiger partial charge is 0.497 e. The molecule has 0 unspecified atom stereocenters. The fraction of sp³-hybridized carbons (Fsp3) is 0.0312. The van der Waals surface area contributed by atoms with Gasteiger partial charge in [-0.15, -0.1) is 0 Å². The summed E-state index contributed by atoms with van der Waals surface area (Å²) in [5.41, 5.74) is 7.47. The summed E-state index contributed by atoms with van der Waals surface area (Å²) >= 11 is 0. The van der Waals surface area contributed by atoms with Gasteiger partial charge in [0.05, 0.1) is 12.8 Å². The molecule has 3 nitrogen and oxygen atoms in total. The van der Waals surface area contributed by atoms with Gasteiger partial charge in [0, 0.05) is 28.8 Å². The van der Waals surface area contributed by atoms with Crippen LogP contribution in [0.2, 0.25) is 0 Å². The normalized spacial score (nSPS) is 10.9. The first-order chi connectivity index (χ1) is 17.3. The molecule has 0 aliphatic carbocycles. The number of para-hydroxylation sites is 2. The molecule has 5 aromatic rings. The zero-order valence-corrected chi connectivity index (χ0v) is 19.6. The fourth-order valence-corrected chi connectivity index (χ4v) is 4.09. The number of anilines is 3. The molecule has 0 saturated carbocycles. The Morgan fingerprint density at radius 2 is 1.17 bits per heavy atom. The molecule has 0 atom stereocenters. The molecular weight excluding hydrogens is 428 g/mol. The second-order valence-corrected chi connectivity index (χ2v) is 8.10. The lowest BCUT2D eigenvalue weighted by Crippen LogP contribution is -2.10. The number of benzene rings is 5. The summed E-state index contributed by atoms with van der Waals surface area (Å²) in [4.78, 5) is 7.05. The Labute approximate surface area is 206 Å². The number of ether oxygens (including phenoxy) is 1. The van der Waals surface area contributed by atoms with Gasteiger partial charge in [0.25, 0.3) is 0 Å². The molecule has 0 heterocycles. The van der Waals surface area contributed by atoms with Crippen molar-refractivity contribution in [2.75, 3.05) is 12.0 Å². The molecule has 3 heteroatoms. The smallest absolute Gasteiger partial charge is 0.119 e. The maximum atomic E-state index is 5.28. The SMILES string of the molecule is COc1ccc(N=Cc2cc(N(c3ccccc3)c3ccccc3)ccc2-c2ccccc2)cc1. The van der Waals surface area contributed by atoms with E-state index in [0.717, 1.165) is 45.2 Å². The molecule has 0 fully saturated rings. The van der Waals surface area contributed by atoms with Crippen molar-refractivity contribution in [2.45, 2.75) is 0 Å². The standard InChI is InChI=1S/C32H26N2O/c1-35-31-20-17-27(18-21-31)33-24-26-23-30(19-22-32(26)25-11-5-2-6-12-25)34(28-13-7-3-8-14-28)29-15-9-4-10-16-29/h2-24H,1H3. The molecule has 0 radical (unpaired) electrons. The number of methoxy groups -OCH3 is 1. The molecule has 0 saturated heterocycles. The summed E-state index contributed by atoms with van der Waals surface area (Å²) in [5, 5.41) is 0. The second kappa shape index (κ2) is 10.5. The Morgan fingerprint density at radius 3 is 1.74 bits per heavy atom. The van der Waals surface area contributed by atoms with Crippen LogP contribution in [0.3, 0.4) is 0 Å². The third kappa shape index (κ3) is 5.15. The van der Waals surface area contributed by atoms with Crippen LogP contribution in [0.4, 0.5) is 22.7 Å². The van der Waals surface area contributed by atoms with E-state index in [-0.39, 0.29) is 0 Å². The van der Waals surface area contributed by atoms with Crippen molar-refractivity contribution in [3.63, 3.8) is 0 Å². The first-order valence-corrected chi connectivity index (χ1v) is 11.6. The molecule has 35 heavy (non-hydrogen) atoms.